The van der Waals surface area contributed by atoms with Gasteiger partial charge in [0.1, 0.15) is 0 Å². The van der Waals surface area contributed by atoms with Crippen molar-refractivity contribution >= 4 is 11.6 Å². The fourth-order valence-corrected chi connectivity index (χ4v) is 3.15. The van der Waals surface area contributed by atoms with Gasteiger partial charge in [-0.05, 0) is 42.9 Å². The lowest BCUT2D eigenvalue weighted by molar-refractivity contribution is -0.122. The third-order valence-corrected chi connectivity index (χ3v) is 4.79. The lowest BCUT2D eigenvalue weighted by Gasteiger charge is -2.26. The van der Waals surface area contributed by atoms with E-state index in [1.165, 1.54) is 25.7 Å². The third kappa shape index (κ3) is 4.76. The van der Waals surface area contributed by atoms with E-state index in [0.29, 0.717) is 5.69 Å². The molecule has 0 heterocycles. The zero-order valence-corrected chi connectivity index (χ0v) is 13.3. The highest BCUT2D eigenvalue weighted by Crippen LogP contribution is 2.30. The number of nitrogens with two attached hydrogens (primary N) is 1. The van der Waals surface area contributed by atoms with E-state index in [1.807, 2.05) is 31.2 Å². The third-order valence-electron chi connectivity index (χ3n) is 4.79. The van der Waals surface area contributed by atoms with Crippen molar-refractivity contribution in [3.05, 3.63) is 29.8 Å². The molecule has 1 fully saturated rings. The Bertz CT molecular complexity index is 464. The number of nitrogen functional groups attached to an aromatic ring is 1. The molecule has 3 heteroatoms. The Labute approximate surface area is 128 Å². The molecule has 116 valence electrons. The molecule has 0 saturated heterocycles. The van der Waals surface area contributed by atoms with E-state index >= 15 is 0 Å². The van der Waals surface area contributed by atoms with Gasteiger partial charge < -0.3 is 11.1 Å². The van der Waals surface area contributed by atoms with Crippen molar-refractivity contribution in [2.45, 2.75) is 51.9 Å². The molecule has 0 radical (unpaired) electrons. The number of anilines is 1. The van der Waals surface area contributed by atoms with Crippen LogP contribution in [0.1, 0.15) is 57.4 Å². The summed E-state index contributed by atoms with van der Waals surface area (Å²) < 4.78 is 0. The molecule has 0 aliphatic heterocycles. The number of hydrogen-bond donors (Lipinski definition) is 2. The van der Waals surface area contributed by atoms with E-state index in [9.17, 15) is 4.79 Å². The Kier molecular flexibility index (Phi) is 5.66. The summed E-state index contributed by atoms with van der Waals surface area (Å²) in [4.78, 5) is 12.2. The van der Waals surface area contributed by atoms with Gasteiger partial charge in [-0.3, -0.25) is 4.79 Å². The van der Waals surface area contributed by atoms with E-state index in [0.717, 1.165) is 30.4 Å². The van der Waals surface area contributed by atoms with Gasteiger partial charge in [-0.2, -0.15) is 0 Å². The minimum absolute atomic E-state index is 0.102. The number of nitrogens with one attached hydrogen (secondary N) is 1. The molecular formula is C18H28N2O. The first-order chi connectivity index (χ1) is 10.1. The second-order valence-electron chi connectivity index (χ2n) is 6.60. The van der Waals surface area contributed by atoms with E-state index in [2.05, 4.69) is 12.2 Å². The van der Waals surface area contributed by atoms with Crippen LogP contribution in [0.5, 0.6) is 0 Å². The predicted molar refractivity (Wildman–Crippen MR) is 88.0 cm³/mol. The molecular weight excluding hydrogens is 260 g/mol. The number of amides is 1. The second kappa shape index (κ2) is 7.48. The summed E-state index contributed by atoms with van der Waals surface area (Å²) in [6.07, 6.45) is 6.45. The molecule has 0 aromatic heterocycles. The van der Waals surface area contributed by atoms with Crippen LogP contribution >= 0.6 is 0 Å². The maximum Gasteiger partial charge on any atom is 0.227 e. The molecule has 1 aliphatic carbocycles. The molecule has 1 aromatic carbocycles. The smallest absolute Gasteiger partial charge is 0.227 e. The summed E-state index contributed by atoms with van der Waals surface area (Å²) in [5.74, 6) is 1.65. The van der Waals surface area contributed by atoms with Gasteiger partial charge in [-0.25, -0.2) is 0 Å². The summed E-state index contributed by atoms with van der Waals surface area (Å²) in [6, 6.07) is 7.59. The Morgan fingerprint density at radius 1 is 1.33 bits per heavy atom. The summed E-state index contributed by atoms with van der Waals surface area (Å²) >= 11 is 0. The number of carbonyl (C=O) groups is 1. The fourth-order valence-electron chi connectivity index (χ4n) is 3.15. The zero-order chi connectivity index (χ0) is 15.2. The zero-order valence-electron chi connectivity index (χ0n) is 13.3. The molecule has 1 unspecified atom stereocenters. The Balaban J connectivity index is 1.74. The highest BCUT2D eigenvalue weighted by Gasteiger charge is 2.19. The van der Waals surface area contributed by atoms with Crippen molar-refractivity contribution < 1.29 is 4.79 Å². The van der Waals surface area contributed by atoms with Crippen molar-refractivity contribution in [1.29, 1.82) is 0 Å². The molecule has 1 amide bonds. The molecule has 1 aliphatic rings. The van der Waals surface area contributed by atoms with Crippen LogP contribution in [0.25, 0.3) is 0 Å². The van der Waals surface area contributed by atoms with Crippen LogP contribution in [0.2, 0.25) is 0 Å². The number of benzene rings is 1. The minimum atomic E-state index is -0.139. The van der Waals surface area contributed by atoms with Crippen LogP contribution in [-0.4, -0.2) is 12.5 Å². The van der Waals surface area contributed by atoms with Crippen LogP contribution < -0.4 is 11.1 Å². The molecule has 21 heavy (non-hydrogen) atoms. The van der Waals surface area contributed by atoms with Crippen LogP contribution in [0.15, 0.2) is 24.3 Å². The summed E-state index contributed by atoms with van der Waals surface area (Å²) in [5.41, 5.74) is 7.47. The number of hydrogen-bond acceptors (Lipinski definition) is 2. The second-order valence-corrected chi connectivity index (χ2v) is 6.60. The van der Waals surface area contributed by atoms with Gasteiger partial charge in [0.05, 0.1) is 5.92 Å². The van der Waals surface area contributed by atoms with Crippen molar-refractivity contribution in [2.24, 2.45) is 11.8 Å². The van der Waals surface area contributed by atoms with Gasteiger partial charge in [0, 0.05) is 12.2 Å². The minimum Gasteiger partial charge on any atom is -0.399 e. The summed E-state index contributed by atoms with van der Waals surface area (Å²) in [5, 5.41) is 3.08. The van der Waals surface area contributed by atoms with Gasteiger partial charge in [0.25, 0.3) is 0 Å². The molecule has 2 rings (SSSR count). The maximum absolute atomic E-state index is 12.2. The first-order valence-corrected chi connectivity index (χ1v) is 8.19. The topological polar surface area (TPSA) is 55.1 Å². The number of rotatable bonds is 5. The average Bonchev–Trinajstić information content (AvgIpc) is 2.48. The summed E-state index contributed by atoms with van der Waals surface area (Å²) in [7, 11) is 0. The molecule has 0 bridgehead atoms. The highest BCUT2D eigenvalue weighted by molar-refractivity contribution is 5.83. The van der Waals surface area contributed by atoms with E-state index < -0.39 is 0 Å². The van der Waals surface area contributed by atoms with Crippen LogP contribution in [-0.2, 0) is 4.79 Å². The average molecular weight is 288 g/mol. The normalized spacial score (nSPS) is 23.5. The maximum atomic E-state index is 12.2. The van der Waals surface area contributed by atoms with Crippen LogP contribution in [0.4, 0.5) is 5.69 Å². The van der Waals surface area contributed by atoms with Crippen molar-refractivity contribution in [2.75, 3.05) is 12.3 Å². The van der Waals surface area contributed by atoms with E-state index in [1.54, 1.807) is 0 Å². The SMILES string of the molecule is CC1CCC(CCNC(=O)C(C)c2cccc(N)c2)CC1. The van der Waals surface area contributed by atoms with E-state index in [4.69, 9.17) is 5.73 Å². The summed E-state index contributed by atoms with van der Waals surface area (Å²) in [6.45, 7) is 5.07. The largest absolute Gasteiger partial charge is 0.399 e. The van der Waals surface area contributed by atoms with Gasteiger partial charge >= 0.3 is 0 Å². The number of carbonyl (C=O) groups excluding carboxylic acids is 1. The Morgan fingerprint density at radius 3 is 2.71 bits per heavy atom. The van der Waals surface area contributed by atoms with Gasteiger partial charge in [-0.1, -0.05) is 44.7 Å². The first kappa shape index (κ1) is 15.9. The quantitative estimate of drug-likeness (QED) is 0.812. The Hall–Kier alpha value is -1.51. The first-order valence-electron chi connectivity index (χ1n) is 8.19. The lowest BCUT2D eigenvalue weighted by Crippen LogP contribution is -2.30. The van der Waals surface area contributed by atoms with Crippen LogP contribution in [0.3, 0.4) is 0 Å². The van der Waals surface area contributed by atoms with Crippen LogP contribution in [0, 0.1) is 11.8 Å². The lowest BCUT2D eigenvalue weighted by atomic mass is 9.81. The highest BCUT2D eigenvalue weighted by atomic mass is 16.1. The fraction of sp³-hybridized carbons (Fsp3) is 0.611. The standard InChI is InChI=1S/C18H28N2O/c1-13-6-8-15(9-7-13)10-11-20-18(21)14(2)16-4-3-5-17(19)12-16/h3-5,12-15H,6-11,19H2,1-2H3,(H,20,21). The van der Waals surface area contributed by atoms with Crippen molar-refractivity contribution in [3.63, 3.8) is 0 Å². The monoisotopic (exact) mass is 288 g/mol. The molecule has 3 N–H and O–H groups in total. The van der Waals surface area contributed by atoms with Gasteiger partial charge in [0.2, 0.25) is 5.91 Å². The molecule has 0 spiro atoms. The van der Waals surface area contributed by atoms with E-state index in [-0.39, 0.29) is 11.8 Å². The molecule has 1 atom stereocenters. The predicted octanol–water partition coefficient (Wildman–Crippen LogP) is 3.70. The Morgan fingerprint density at radius 2 is 2.05 bits per heavy atom. The molecule has 1 aromatic rings. The van der Waals surface area contributed by atoms with Gasteiger partial charge in [0.15, 0.2) is 0 Å². The van der Waals surface area contributed by atoms with Crippen molar-refractivity contribution in [1.82, 2.24) is 5.32 Å². The molecule has 3 nitrogen and oxygen atoms in total. The van der Waals surface area contributed by atoms with Crippen molar-refractivity contribution in [3.8, 4) is 0 Å². The van der Waals surface area contributed by atoms with Gasteiger partial charge in [-0.15, -0.1) is 0 Å². The molecule has 1 saturated carbocycles.